The summed E-state index contributed by atoms with van der Waals surface area (Å²) in [6, 6.07) is 6.32. The van der Waals surface area contributed by atoms with Gasteiger partial charge in [0.15, 0.2) is 0 Å². The van der Waals surface area contributed by atoms with E-state index in [1.54, 1.807) is 40.0 Å². The van der Waals surface area contributed by atoms with Crippen LogP contribution in [0.2, 0.25) is 0 Å². The minimum absolute atomic E-state index is 0.110. The van der Waals surface area contributed by atoms with Crippen LogP contribution in [0, 0.1) is 13.8 Å². The van der Waals surface area contributed by atoms with Crippen molar-refractivity contribution in [2.24, 2.45) is 7.05 Å². The van der Waals surface area contributed by atoms with E-state index in [-0.39, 0.29) is 22.8 Å². The summed E-state index contributed by atoms with van der Waals surface area (Å²) in [6.07, 6.45) is 0. The predicted octanol–water partition coefficient (Wildman–Crippen LogP) is 2.01. The van der Waals surface area contributed by atoms with Crippen LogP contribution in [0.1, 0.15) is 28.7 Å². The number of nitrogens with one attached hydrogen (secondary N) is 1. The normalized spacial score (nSPS) is 11.3. The van der Waals surface area contributed by atoms with Crippen molar-refractivity contribution < 1.29 is 17.9 Å². The molecule has 0 aliphatic rings. The number of aryl methyl sites for hydroxylation is 2. The third kappa shape index (κ3) is 3.37. The first-order valence-electron chi connectivity index (χ1n) is 7.07. The number of nitrogens with zero attached hydrogens (tertiary/aromatic N) is 2. The van der Waals surface area contributed by atoms with Gasteiger partial charge in [-0.25, -0.2) is 13.2 Å². The fraction of sp³-hybridized carbons (Fsp3) is 0.333. The Hall–Kier alpha value is -2.35. The minimum atomic E-state index is -3.87. The maximum Gasteiger partial charge on any atom is 0.340 e. The molecule has 0 radical (unpaired) electrons. The molecule has 1 aromatic heterocycles. The van der Waals surface area contributed by atoms with E-state index in [9.17, 15) is 13.2 Å². The van der Waals surface area contributed by atoms with Crippen LogP contribution in [0.5, 0.6) is 0 Å². The number of sulfonamides is 1. The molecule has 0 bridgehead atoms. The lowest BCUT2D eigenvalue weighted by molar-refractivity contribution is 0.0527. The van der Waals surface area contributed by atoms with Gasteiger partial charge in [-0.15, -0.1) is 0 Å². The lowest BCUT2D eigenvalue weighted by Gasteiger charge is -2.12. The molecular formula is C15H19N3O4S. The number of anilines is 1. The highest BCUT2D eigenvalue weighted by atomic mass is 32.2. The Bertz CT molecular complexity index is 840. The molecule has 2 aromatic rings. The highest BCUT2D eigenvalue weighted by molar-refractivity contribution is 7.92. The molecule has 0 spiro atoms. The van der Waals surface area contributed by atoms with Crippen LogP contribution in [0.4, 0.5) is 5.69 Å². The summed E-state index contributed by atoms with van der Waals surface area (Å²) in [5.74, 6) is -0.578. The van der Waals surface area contributed by atoms with Gasteiger partial charge in [0.1, 0.15) is 4.90 Å². The number of hydrogen-bond donors (Lipinski definition) is 1. The van der Waals surface area contributed by atoms with Gasteiger partial charge < -0.3 is 4.74 Å². The molecule has 0 atom stereocenters. The van der Waals surface area contributed by atoms with Gasteiger partial charge in [0.2, 0.25) is 0 Å². The summed E-state index contributed by atoms with van der Waals surface area (Å²) >= 11 is 0. The molecule has 8 heteroatoms. The van der Waals surface area contributed by atoms with Crippen LogP contribution in [0.15, 0.2) is 29.2 Å². The number of aromatic nitrogens is 2. The Balaban J connectivity index is 2.44. The second-order valence-electron chi connectivity index (χ2n) is 5.00. The van der Waals surface area contributed by atoms with E-state index >= 15 is 0 Å². The maximum atomic E-state index is 12.7. The van der Waals surface area contributed by atoms with Gasteiger partial charge in [0.25, 0.3) is 10.0 Å². The van der Waals surface area contributed by atoms with Gasteiger partial charge in [-0.05, 0) is 32.9 Å². The van der Waals surface area contributed by atoms with Crippen LogP contribution >= 0.6 is 0 Å². The number of para-hydroxylation sites is 1. The zero-order valence-electron chi connectivity index (χ0n) is 13.5. The van der Waals surface area contributed by atoms with E-state index in [0.29, 0.717) is 11.4 Å². The molecule has 0 fully saturated rings. The number of carbonyl (C=O) groups is 1. The number of esters is 1. The van der Waals surface area contributed by atoms with Crippen molar-refractivity contribution in [3.8, 4) is 0 Å². The largest absolute Gasteiger partial charge is 0.462 e. The topological polar surface area (TPSA) is 90.3 Å². The first-order valence-corrected chi connectivity index (χ1v) is 8.55. The molecule has 0 saturated carbocycles. The molecule has 2 rings (SSSR count). The quantitative estimate of drug-likeness (QED) is 0.843. The molecule has 1 heterocycles. The molecule has 0 amide bonds. The summed E-state index contributed by atoms with van der Waals surface area (Å²) in [6.45, 7) is 5.19. The van der Waals surface area contributed by atoms with Gasteiger partial charge in [0.05, 0.1) is 29.2 Å². The summed E-state index contributed by atoms with van der Waals surface area (Å²) in [7, 11) is -2.19. The Morgan fingerprint density at radius 3 is 2.52 bits per heavy atom. The van der Waals surface area contributed by atoms with Crippen LogP contribution < -0.4 is 4.72 Å². The molecule has 1 N–H and O–H groups in total. The standard InChI is InChI=1S/C15H19N3O4S/c1-5-22-15(19)12-8-6-7-9-13(12)17-23(20,21)14-10(2)16-18(4)11(14)3/h6-9,17H,5H2,1-4H3. The lowest BCUT2D eigenvalue weighted by Crippen LogP contribution is -2.17. The molecular weight excluding hydrogens is 318 g/mol. The van der Waals surface area contributed by atoms with Crippen molar-refractivity contribution in [3.05, 3.63) is 41.2 Å². The molecule has 0 aliphatic heterocycles. The van der Waals surface area contributed by atoms with Crippen molar-refractivity contribution in [3.63, 3.8) is 0 Å². The summed E-state index contributed by atoms with van der Waals surface area (Å²) in [4.78, 5) is 12.1. The highest BCUT2D eigenvalue weighted by Gasteiger charge is 2.25. The van der Waals surface area contributed by atoms with E-state index in [2.05, 4.69) is 9.82 Å². The van der Waals surface area contributed by atoms with Crippen LogP contribution in [0.3, 0.4) is 0 Å². The average Bonchev–Trinajstić information content (AvgIpc) is 2.73. The smallest absolute Gasteiger partial charge is 0.340 e. The van der Waals surface area contributed by atoms with E-state index in [0.717, 1.165) is 0 Å². The summed E-state index contributed by atoms with van der Waals surface area (Å²) in [5, 5.41) is 4.11. The van der Waals surface area contributed by atoms with E-state index in [1.807, 2.05) is 0 Å². The predicted molar refractivity (Wildman–Crippen MR) is 85.9 cm³/mol. The molecule has 0 saturated heterocycles. The molecule has 7 nitrogen and oxygen atoms in total. The Morgan fingerprint density at radius 1 is 1.30 bits per heavy atom. The van der Waals surface area contributed by atoms with E-state index in [4.69, 9.17) is 4.74 Å². The molecule has 23 heavy (non-hydrogen) atoms. The van der Waals surface area contributed by atoms with Crippen LogP contribution in [-0.4, -0.2) is 30.8 Å². The maximum absolute atomic E-state index is 12.7. The van der Waals surface area contributed by atoms with Crippen molar-refractivity contribution in [2.75, 3.05) is 11.3 Å². The zero-order valence-corrected chi connectivity index (χ0v) is 14.3. The first-order chi connectivity index (χ1) is 10.8. The van der Waals surface area contributed by atoms with Crippen LogP contribution in [0.25, 0.3) is 0 Å². The summed E-state index contributed by atoms with van der Waals surface area (Å²) < 4.78 is 34.3. The zero-order chi connectivity index (χ0) is 17.2. The molecule has 1 aromatic carbocycles. The first kappa shape index (κ1) is 17.0. The van der Waals surface area contributed by atoms with E-state index < -0.39 is 16.0 Å². The number of benzene rings is 1. The van der Waals surface area contributed by atoms with Crippen molar-refractivity contribution in [1.82, 2.24) is 9.78 Å². The number of carbonyl (C=O) groups excluding carboxylic acids is 1. The number of rotatable bonds is 5. The fourth-order valence-electron chi connectivity index (χ4n) is 2.30. The van der Waals surface area contributed by atoms with Gasteiger partial charge in [-0.2, -0.15) is 5.10 Å². The van der Waals surface area contributed by atoms with Crippen LogP contribution in [-0.2, 0) is 21.8 Å². The second kappa shape index (κ2) is 6.41. The average molecular weight is 337 g/mol. The van der Waals surface area contributed by atoms with Gasteiger partial charge in [-0.3, -0.25) is 9.40 Å². The van der Waals surface area contributed by atoms with Crippen molar-refractivity contribution in [2.45, 2.75) is 25.7 Å². The number of hydrogen-bond acceptors (Lipinski definition) is 5. The summed E-state index contributed by atoms with van der Waals surface area (Å²) in [5.41, 5.74) is 1.25. The van der Waals surface area contributed by atoms with Crippen molar-refractivity contribution in [1.29, 1.82) is 0 Å². The van der Waals surface area contributed by atoms with Gasteiger partial charge >= 0.3 is 5.97 Å². The van der Waals surface area contributed by atoms with Crippen molar-refractivity contribution >= 4 is 21.7 Å². The lowest BCUT2D eigenvalue weighted by atomic mass is 10.2. The third-order valence-corrected chi connectivity index (χ3v) is 5.00. The second-order valence-corrected chi connectivity index (χ2v) is 6.61. The Morgan fingerprint density at radius 2 is 1.96 bits per heavy atom. The third-order valence-electron chi connectivity index (χ3n) is 3.38. The number of ether oxygens (including phenoxy) is 1. The molecule has 124 valence electrons. The monoisotopic (exact) mass is 337 g/mol. The molecule has 0 aliphatic carbocycles. The fourth-order valence-corrected chi connectivity index (χ4v) is 3.82. The van der Waals surface area contributed by atoms with E-state index in [1.165, 1.54) is 16.8 Å². The minimum Gasteiger partial charge on any atom is -0.462 e. The Kier molecular flexibility index (Phi) is 4.74. The Labute approximate surface area is 135 Å². The molecule has 0 unspecified atom stereocenters. The van der Waals surface area contributed by atoms with Gasteiger partial charge in [-0.1, -0.05) is 12.1 Å². The van der Waals surface area contributed by atoms with Gasteiger partial charge in [0, 0.05) is 7.05 Å². The SMILES string of the molecule is CCOC(=O)c1ccccc1NS(=O)(=O)c1c(C)nn(C)c1C. The highest BCUT2D eigenvalue weighted by Crippen LogP contribution is 2.24.